The highest BCUT2D eigenvalue weighted by Gasteiger charge is 2.35. The molecule has 0 radical (unpaired) electrons. The summed E-state index contributed by atoms with van der Waals surface area (Å²) >= 11 is 0. The van der Waals surface area contributed by atoms with Gasteiger partial charge in [-0.3, -0.25) is 4.79 Å². The number of hydrogen-bond acceptors (Lipinski definition) is 4. The zero-order valence-electron chi connectivity index (χ0n) is 19.7. The van der Waals surface area contributed by atoms with Crippen LogP contribution in [0.1, 0.15) is 22.3 Å². The third-order valence-electron chi connectivity index (χ3n) is 5.47. The van der Waals surface area contributed by atoms with Gasteiger partial charge in [0.05, 0.1) is 24.2 Å². The first kappa shape index (κ1) is 27.8. The number of urea groups is 1. The molecular formula is C24H23F6N3O4. The first-order chi connectivity index (χ1) is 17.2. The third kappa shape index (κ3) is 6.94. The van der Waals surface area contributed by atoms with Crippen molar-refractivity contribution in [2.24, 2.45) is 0 Å². The van der Waals surface area contributed by atoms with Gasteiger partial charge in [-0.2, -0.15) is 26.3 Å². The number of carbonyl (C=O) groups excluding carboxylic acids is 1. The van der Waals surface area contributed by atoms with Gasteiger partial charge < -0.3 is 25.0 Å². The van der Waals surface area contributed by atoms with Crippen molar-refractivity contribution in [1.29, 1.82) is 0 Å². The Kier molecular flexibility index (Phi) is 8.06. The van der Waals surface area contributed by atoms with E-state index < -0.39 is 42.7 Å². The Balaban J connectivity index is 1.81. The van der Waals surface area contributed by atoms with Gasteiger partial charge in [0.15, 0.2) is 6.61 Å². The summed E-state index contributed by atoms with van der Waals surface area (Å²) < 4.78 is 81.7. The smallest absolute Gasteiger partial charge is 0.422 e. The maximum Gasteiger partial charge on any atom is 0.422 e. The second-order valence-corrected chi connectivity index (χ2v) is 8.28. The summed E-state index contributed by atoms with van der Waals surface area (Å²) in [4.78, 5) is 29.0. The zero-order chi connectivity index (χ0) is 27.5. The third-order valence-corrected chi connectivity index (χ3v) is 5.47. The van der Waals surface area contributed by atoms with Crippen molar-refractivity contribution in [1.82, 2.24) is 9.88 Å². The van der Waals surface area contributed by atoms with Gasteiger partial charge in [-0.25, -0.2) is 4.79 Å². The number of aromatic nitrogens is 1. The molecule has 0 saturated heterocycles. The Morgan fingerprint density at radius 3 is 2.30 bits per heavy atom. The van der Waals surface area contributed by atoms with E-state index in [1.54, 1.807) is 0 Å². The number of aliphatic hydroxyl groups is 1. The van der Waals surface area contributed by atoms with Gasteiger partial charge in [0.2, 0.25) is 0 Å². The second-order valence-electron chi connectivity index (χ2n) is 8.28. The van der Waals surface area contributed by atoms with Crippen molar-refractivity contribution in [2.75, 3.05) is 25.1 Å². The number of aryl methyl sites for hydroxylation is 2. The van der Waals surface area contributed by atoms with Crippen molar-refractivity contribution < 1.29 is 41.0 Å². The fourth-order valence-electron chi connectivity index (χ4n) is 3.88. The fourth-order valence-corrected chi connectivity index (χ4v) is 3.88. The van der Waals surface area contributed by atoms with Gasteiger partial charge in [-0.1, -0.05) is 0 Å². The lowest BCUT2D eigenvalue weighted by Gasteiger charge is -2.22. The van der Waals surface area contributed by atoms with E-state index in [1.807, 2.05) is 0 Å². The molecule has 3 N–H and O–H groups in total. The molecule has 3 aromatic rings. The van der Waals surface area contributed by atoms with Crippen LogP contribution in [0.3, 0.4) is 0 Å². The molecule has 7 nitrogen and oxygen atoms in total. The van der Waals surface area contributed by atoms with Gasteiger partial charge in [0, 0.05) is 17.8 Å². The van der Waals surface area contributed by atoms with E-state index in [4.69, 9.17) is 0 Å². The number of benzene rings is 2. The molecule has 13 heteroatoms. The van der Waals surface area contributed by atoms with Crippen molar-refractivity contribution in [3.63, 3.8) is 0 Å². The summed E-state index contributed by atoms with van der Waals surface area (Å²) in [6, 6.07) is 7.04. The molecule has 0 aliphatic carbocycles. The van der Waals surface area contributed by atoms with E-state index in [0.29, 0.717) is 5.39 Å². The predicted octanol–water partition coefficient (Wildman–Crippen LogP) is 5.13. The summed E-state index contributed by atoms with van der Waals surface area (Å²) in [7, 11) is 0. The predicted molar refractivity (Wildman–Crippen MR) is 124 cm³/mol. The normalized spacial score (nSPS) is 12.0. The van der Waals surface area contributed by atoms with E-state index in [-0.39, 0.29) is 46.7 Å². The first-order valence-corrected chi connectivity index (χ1v) is 10.9. The minimum Gasteiger partial charge on any atom is -0.484 e. The number of ether oxygens (including phenoxy) is 1. The van der Waals surface area contributed by atoms with Gasteiger partial charge in [0.25, 0.3) is 5.56 Å². The number of hydrogen-bond donors (Lipinski definition) is 3. The van der Waals surface area contributed by atoms with Crippen molar-refractivity contribution in [2.45, 2.75) is 32.7 Å². The van der Waals surface area contributed by atoms with Crippen LogP contribution in [0.15, 0.2) is 41.2 Å². The molecule has 0 unspecified atom stereocenters. The number of fused-ring (bicyclic) bond motifs is 1. The van der Waals surface area contributed by atoms with Crippen LogP contribution in [-0.2, 0) is 12.7 Å². The van der Waals surface area contributed by atoms with E-state index in [2.05, 4.69) is 15.0 Å². The number of amides is 2. The molecule has 0 atom stereocenters. The molecule has 37 heavy (non-hydrogen) atoms. The summed E-state index contributed by atoms with van der Waals surface area (Å²) in [5.74, 6) is -0.0653. The van der Waals surface area contributed by atoms with Gasteiger partial charge in [-0.05, 0) is 66.8 Å². The fraction of sp³-hybridized carbons (Fsp3) is 0.333. The topological polar surface area (TPSA) is 94.7 Å². The molecule has 1 aromatic heterocycles. The number of nitrogens with zero attached hydrogens (tertiary/aromatic N) is 1. The summed E-state index contributed by atoms with van der Waals surface area (Å²) in [5.41, 5.74) is -1.37. The maximum absolute atomic E-state index is 13.4. The number of alkyl halides is 6. The van der Waals surface area contributed by atoms with Crippen molar-refractivity contribution in [3.8, 4) is 5.75 Å². The first-order valence-electron chi connectivity index (χ1n) is 10.9. The molecule has 0 saturated carbocycles. The maximum atomic E-state index is 13.4. The summed E-state index contributed by atoms with van der Waals surface area (Å²) in [6.45, 7) is 0.199. The van der Waals surface area contributed by atoms with E-state index in [9.17, 15) is 41.0 Å². The van der Waals surface area contributed by atoms with Crippen LogP contribution in [-0.4, -0.2) is 47.0 Å². The highest BCUT2D eigenvalue weighted by molar-refractivity contribution is 5.89. The lowest BCUT2D eigenvalue weighted by Crippen LogP contribution is -2.38. The van der Waals surface area contributed by atoms with Crippen molar-refractivity contribution >= 4 is 22.6 Å². The second kappa shape index (κ2) is 10.7. The number of anilines is 1. The molecule has 200 valence electrons. The minimum absolute atomic E-state index is 0.0249. The molecule has 0 spiro atoms. The average Bonchev–Trinajstić information content (AvgIpc) is 2.78. The average molecular weight is 531 g/mol. The zero-order valence-corrected chi connectivity index (χ0v) is 19.7. The number of rotatable bonds is 7. The van der Waals surface area contributed by atoms with Crippen LogP contribution in [0.25, 0.3) is 10.9 Å². The van der Waals surface area contributed by atoms with Crippen molar-refractivity contribution in [3.05, 3.63) is 69.0 Å². The number of carbonyl (C=O) groups is 1. The number of H-pyrrole nitrogens is 1. The number of nitrogens with one attached hydrogen (secondary N) is 2. The number of aromatic amines is 1. The standard InChI is InChI=1S/C24H23F6N3O4/c1-13-9-15-10-16(21(35)32-20(15)14(2)19(13)24(28,29)30)11-33(7-8-34)22(36)31-17-3-5-18(6-4-17)37-12-23(25,26)27/h3-6,9-10,34H,7-8,11-12H2,1-2H3,(H,31,36)(H,32,35). The number of aliphatic hydroxyl groups excluding tert-OH is 1. The van der Waals surface area contributed by atoms with Crippen LogP contribution in [0.4, 0.5) is 36.8 Å². The monoisotopic (exact) mass is 531 g/mol. The SMILES string of the molecule is Cc1cc2cc(CN(CCO)C(=O)Nc3ccc(OCC(F)(F)F)cc3)c(=O)[nH]c2c(C)c1C(F)(F)F. The van der Waals surface area contributed by atoms with Crippen LogP contribution in [0.2, 0.25) is 0 Å². The van der Waals surface area contributed by atoms with E-state index in [0.717, 1.165) is 4.90 Å². The molecule has 0 bridgehead atoms. The summed E-state index contributed by atoms with van der Waals surface area (Å²) in [6.07, 6.45) is -9.10. The molecule has 0 aliphatic rings. The largest absolute Gasteiger partial charge is 0.484 e. The Bertz CT molecular complexity index is 1330. The molecule has 2 aromatic carbocycles. The molecule has 0 aliphatic heterocycles. The van der Waals surface area contributed by atoms with Gasteiger partial charge in [0.1, 0.15) is 5.75 Å². The lowest BCUT2D eigenvalue weighted by molar-refractivity contribution is -0.153. The Morgan fingerprint density at radius 1 is 1.08 bits per heavy atom. The Hall–Kier alpha value is -3.74. The highest BCUT2D eigenvalue weighted by Crippen LogP contribution is 2.37. The van der Waals surface area contributed by atoms with E-state index >= 15 is 0 Å². The molecule has 0 fully saturated rings. The quantitative estimate of drug-likeness (QED) is 0.369. The lowest BCUT2D eigenvalue weighted by atomic mass is 9.97. The van der Waals surface area contributed by atoms with Crippen LogP contribution >= 0.6 is 0 Å². The van der Waals surface area contributed by atoms with Gasteiger partial charge in [-0.15, -0.1) is 0 Å². The van der Waals surface area contributed by atoms with Crippen LogP contribution < -0.4 is 15.6 Å². The van der Waals surface area contributed by atoms with Crippen LogP contribution in [0.5, 0.6) is 5.75 Å². The molecular weight excluding hydrogens is 508 g/mol. The summed E-state index contributed by atoms with van der Waals surface area (Å²) in [5, 5.41) is 12.2. The van der Waals surface area contributed by atoms with E-state index in [1.165, 1.54) is 50.2 Å². The molecule has 2 amide bonds. The van der Waals surface area contributed by atoms with Crippen LogP contribution in [0, 0.1) is 13.8 Å². The minimum atomic E-state index is -4.60. The molecule has 1 heterocycles. The molecule has 3 rings (SSSR count). The Labute approximate surface area is 206 Å². The van der Waals surface area contributed by atoms with Gasteiger partial charge >= 0.3 is 18.4 Å². The highest BCUT2D eigenvalue weighted by atomic mass is 19.4. The number of pyridine rings is 1. The Morgan fingerprint density at radius 2 is 1.73 bits per heavy atom. The number of halogens is 6.